The van der Waals surface area contributed by atoms with Crippen LogP contribution < -0.4 is 70.9 Å². The van der Waals surface area contributed by atoms with E-state index < -0.39 is 12.2 Å². The number of phenols is 1. The van der Waals surface area contributed by atoms with Crippen molar-refractivity contribution in [1.82, 2.24) is 0 Å². The molecule has 0 aromatic heterocycles. The first-order valence-corrected chi connectivity index (χ1v) is 16.9. The molecule has 0 bridgehead atoms. The van der Waals surface area contributed by atoms with Gasteiger partial charge in [-0.2, -0.15) is 0 Å². The number of benzene rings is 4. The summed E-state index contributed by atoms with van der Waals surface area (Å²) < 4.78 is 27.0. The number of carbonyl (C=O) groups is 3. The van der Waals surface area contributed by atoms with Gasteiger partial charge in [-0.1, -0.05) is 72.8 Å². The molecule has 6 rings (SSSR count). The normalized spacial score (nSPS) is 14.3. The second-order valence-electron chi connectivity index (χ2n) is 10.9. The molecule has 4 aromatic rings. The maximum atomic E-state index is 11.8. The number of ether oxygens (including phenoxy) is 5. The standard InChI is InChI=1S/C19H20O4.C12H14O4.C7H7Cl.CH2O3.2K/c1-2-21-19(20)17-11-9-15-8-10-16(12-18(15)23-17)22-13-14-6-4-3-5-7-14;1-2-15-12(14)10-6-4-8-3-5-9(13)7-11(8)16-10;8-6-7-4-2-1-3-5-7;2-1-4-3;;/h3-8,10,12,17H,2,9,11,13H2,1H3;3,5,7,10,13H,2,4,6H2,1H3;1-5H,6H2;1,3H;;/q;;;;;+1/p-1. The van der Waals surface area contributed by atoms with Gasteiger partial charge in [-0.3, -0.25) is 4.79 Å². The minimum absolute atomic E-state index is 0. The number of aromatic hydroxyl groups is 1. The van der Waals surface area contributed by atoms with Gasteiger partial charge < -0.3 is 38.9 Å². The SMILES string of the molecule is CCOC(=O)C1CCc2ccc(O)cc2O1.CCOC(=O)C1CCc2ccc(OCc3ccccc3)cc2O1.ClCc1ccccc1.O=CO[O-].[K+].[K]. The minimum Gasteiger partial charge on any atom is -0.662 e. The molecule has 2 unspecified atom stereocenters. The van der Waals surface area contributed by atoms with Gasteiger partial charge in [0.2, 0.25) is 0 Å². The molecular weight excluding hydrogens is 758 g/mol. The molecule has 1 radical (unpaired) electrons. The minimum atomic E-state index is -0.547. The third-order valence-corrected chi connectivity index (χ3v) is 7.67. The maximum absolute atomic E-state index is 11.8. The molecule has 2 aliphatic rings. The van der Waals surface area contributed by atoms with Crippen LogP contribution in [0.25, 0.3) is 0 Å². The zero-order chi connectivity index (χ0) is 36.8. The number of rotatable bonds is 9. The second-order valence-corrected chi connectivity index (χ2v) is 11.2. The number of phenolic OH excluding ortho intramolecular Hbond substituents is 1. The summed E-state index contributed by atoms with van der Waals surface area (Å²) in [6.45, 7) is 4.60. The van der Waals surface area contributed by atoms with Gasteiger partial charge in [0.05, 0.1) is 13.2 Å². The van der Waals surface area contributed by atoms with Crippen LogP contribution in [-0.2, 0) is 54.1 Å². The van der Waals surface area contributed by atoms with Gasteiger partial charge in [-0.15, -0.1) is 11.6 Å². The molecule has 0 saturated heterocycles. The van der Waals surface area contributed by atoms with Gasteiger partial charge in [0, 0.05) is 69.4 Å². The van der Waals surface area contributed by atoms with Crippen LogP contribution in [0.1, 0.15) is 48.9 Å². The van der Waals surface area contributed by atoms with Crippen molar-refractivity contribution in [2.75, 3.05) is 13.2 Å². The first kappa shape index (κ1) is 49.0. The monoisotopic (exact) mass is 799 g/mol. The van der Waals surface area contributed by atoms with Crippen LogP contribution in [0.4, 0.5) is 0 Å². The second kappa shape index (κ2) is 28.4. The number of alkyl halides is 1. The summed E-state index contributed by atoms with van der Waals surface area (Å²) in [7, 11) is 0. The molecule has 0 amide bonds. The summed E-state index contributed by atoms with van der Waals surface area (Å²) >= 11 is 5.53. The molecule has 11 nitrogen and oxygen atoms in total. The van der Waals surface area contributed by atoms with Crippen molar-refractivity contribution in [1.29, 1.82) is 0 Å². The van der Waals surface area contributed by atoms with Crippen molar-refractivity contribution in [3.05, 3.63) is 119 Å². The van der Waals surface area contributed by atoms with E-state index in [-0.39, 0.29) is 127 Å². The molecule has 14 heteroatoms. The van der Waals surface area contributed by atoms with Crippen LogP contribution in [0, 0.1) is 0 Å². The molecule has 0 saturated carbocycles. The summed E-state index contributed by atoms with van der Waals surface area (Å²) in [6.07, 6.45) is 1.77. The van der Waals surface area contributed by atoms with Crippen molar-refractivity contribution < 1.29 is 105 Å². The van der Waals surface area contributed by atoms with E-state index in [4.69, 9.17) is 45.3 Å². The van der Waals surface area contributed by atoms with Gasteiger partial charge in [-0.25, -0.2) is 9.59 Å². The predicted molar refractivity (Wildman–Crippen MR) is 193 cm³/mol. The zero-order valence-electron chi connectivity index (χ0n) is 30.5. The van der Waals surface area contributed by atoms with Crippen LogP contribution >= 0.6 is 11.6 Å². The first-order chi connectivity index (χ1) is 24.8. The molecule has 2 heterocycles. The van der Waals surface area contributed by atoms with Crippen molar-refractivity contribution in [3.63, 3.8) is 0 Å². The summed E-state index contributed by atoms with van der Waals surface area (Å²) in [4.78, 5) is 34.6. The molecule has 0 spiro atoms. The molecular formula is C39H42ClK2O11. The van der Waals surface area contributed by atoms with Crippen LogP contribution in [-0.4, -0.2) is 100 Å². The fraction of sp³-hybridized carbons (Fsp3) is 0.308. The fourth-order valence-corrected chi connectivity index (χ4v) is 5.09. The van der Waals surface area contributed by atoms with Crippen LogP contribution in [0.3, 0.4) is 0 Å². The van der Waals surface area contributed by atoms with Gasteiger partial charge >= 0.3 is 63.3 Å². The predicted octanol–water partition coefficient (Wildman–Crippen LogP) is 2.65. The van der Waals surface area contributed by atoms with E-state index in [1.807, 2.05) is 84.9 Å². The van der Waals surface area contributed by atoms with Crippen molar-refractivity contribution in [2.24, 2.45) is 0 Å². The Kier molecular flexibility index (Phi) is 26.3. The summed E-state index contributed by atoms with van der Waals surface area (Å²) in [6, 6.07) is 30.7. The average molecular weight is 800 g/mol. The van der Waals surface area contributed by atoms with Crippen LogP contribution in [0.2, 0.25) is 0 Å². The molecule has 1 N–H and O–H groups in total. The van der Waals surface area contributed by atoms with Crippen molar-refractivity contribution in [3.8, 4) is 23.0 Å². The van der Waals surface area contributed by atoms with E-state index in [9.17, 15) is 14.7 Å². The van der Waals surface area contributed by atoms with Gasteiger partial charge in [0.25, 0.3) is 6.47 Å². The number of halogens is 1. The Hall–Kier alpha value is -1.99. The number of esters is 2. The third-order valence-electron chi connectivity index (χ3n) is 7.36. The number of hydrogen-bond acceptors (Lipinski definition) is 11. The third kappa shape index (κ3) is 18.0. The molecule has 0 aliphatic carbocycles. The fourth-order valence-electron chi connectivity index (χ4n) is 4.91. The number of aryl methyl sites for hydroxylation is 2. The molecule has 2 atom stereocenters. The largest absolute Gasteiger partial charge is 1.00 e. The summed E-state index contributed by atoms with van der Waals surface area (Å²) in [5.41, 5.74) is 4.39. The van der Waals surface area contributed by atoms with Crippen molar-refractivity contribution >= 4 is 81.4 Å². The van der Waals surface area contributed by atoms with Crippen LogP contribution in [0.15, 0.2) is 97.1 Å². The average Bonchev–Trinajstić information content (AvgIpc) is 3.18. The summed E-state index contributed by atoms with van der Waals surface area (Å²) in [5, 5.41) is 17.8. The molecule has 2 aliphatic heterocycles. The van der Waals surface area contributed by atoms with Crippen LogP contribution in [0.5, 0.6) is 23.0 Å². The van der Waals surface area contributed by atoms with E-state index in [0.717, 1.165) is 35.3 Å². The smallest absolute Gasteiger partial charge is 0.662 e. The Labute approximate surface area is 400 Å². The topological polar surface area (TPSA) is 150 Å². The van der Waals surface area contributed by atoms with Gasteiger partial charge in [-0.05, 0) is 73.9 Å². The number of hydrogen-bond donors (Lipinski definition) is 1. The summed E-state index contributed by atoms with van der Waals surface area (Å²) in [5.74, 6) is 2.13. The Balaban J connectivity index is 0.000000406. The Morgan fingerprint density at radius 2 is 1.26 bits per heavy atom. The van der Waals surface area contributed by atoms with E-state index in [1.54, 1.807) is 19.9 Å². The van der Waals surface area contributed by atoms with E-state index in [1.165, 1.54) is 11.6 Å². The van der Waals surface area contributed by atoms with E-state index >= 15 is 0 Å². The molecule has 4 aromatic carbocycles. The first-order valence-electron chi connectivity index (χ1n) is 16.4. The van der Waals surface area contributed by atoms with Gasteiger partial charge in [0.15, 0.2) is 12.2 Å². The Bertz CT molecular complexity index is 1650. The van der Waals surface area contributed by atoms with Crippen molar-refractivity contribution in [2.45, 2.75) is 64.2 Å². The molecule has 273 valence electrons. The quantitative estimate of drug-likeness (QED) is 0.0666. The molecule has 0 fully saturated rings. The number of fused-ring (bicyclic) bond motifs is 2. The molecule has 53 heavy (non-hydrogen) atoms. The maximum Gasteiger partial charge on any atom is 1.00 e. The Morgan fingerprint density at radius 1 is 0.792 bits per heavy atom. The van der Waals surface area contributed by atoms with E-state index in [0.29, 0.717) is 50.0 Å². The number of carbonyl (C=O) groups excluding carboxylic acids is 3. The Morgan fingerprint density at radius 3 is 1.72 bits per heavy atom. The van der Waals surface area contributed by atoms with E-state index in [2.05, 4.69) is 4.89 Å². The zero-order valence-corrected chi connectivity index (χ0v) is 37.5. The van der Waals surface area contributed by atoms with Gasteiger partial charge in [0.1, 0.15) is 29.6 Å².